The number of hydrogen-bond donors (Lipinski definition) is 1. The van der Waals surface area contributed by atoms with Crippen LogP contribution in [0.15, 0.2) is 16.6 Å². The Morgan fingerprint density at radius 1 is 1.24 bits per heavy atom. The summed E-state index contributed by atoms with van der Waals surface area (Å²) in [6.07, 6.45) is 0.979. The molecule has 5 heteroatoms. The number of ether oxygens (including phenoxy) is 1. The largest absolute Gasteiger partial charge is 0.493 e. The molecule has 0 radical (unpaired) electrons. The van der Waals surface area contributed by atoms with Crippen molar-refractivity contribution in [2.75, 3.05) is 11.9 Å². The van der Waals surface area contributed by atoms with Gasteiger partial charge in [-0.3, -0.25) is 0 Å². The number of aryl methyl sites for hydroxylation is 2. The van der Waals surface area contributed by atoms with Gasteiger partial charge in [0, 0.05) is 34.3 Å². The molecule has 1 aliphatic heterocycles. The average Bonchev–Trinajstić information content (AvgIpc) is 2.88. The number of nitrogens with zero attached hydrogens (tertiary/aromatic N) is 2. The summed E-state index contributed by atoms with van der Waals surface area (Å²) in [5.74, 6) is 2.70. The zero-order valence-electron chi connectivity index (χ0n) is 12.5. The number of aromatic nitrogens is 2. The van der Waals surface area contributed by atoms with E-state index < -0.39 is 0 Å². The molecule has 1 aromatic heterocycles. The first-order valence-corrected chi connectivity index (χ1v) is 7.83. The molecule has 2 heterocycles. The number of anilines is 1. The van der Waals surface area contributed by atoms with Gasteiger partial charge in [0.2, 0.25) is 0 Å². The Kier molecular flexibility index (Phi) is 3.85. The summed E-state index contributed by atoms with van der Waals surface area (Å²) in [6.45, 7) is 7.42. The molecule has 1 aromatic carbocycles. The van der Waals surface area contributed by atoms with Crippen molar-refractivity contribution in [2.45, 2.75) is 33.7 Å². The SMILES string of the molecule is Cc1nc(C)c(C)c(NCc2cc(Br)cc3c2OCC3)n1. The molecule has 0 unspecified atom stereocenters. The highest BCUT2D eigenvalue weighted by molar-refractivity contribution is 9.10. The van der Waals surface area contributed by atoms with Crippen molar-refractivity contribution >= 4 is 21.7 Å². The summed E-state index contributed by atoms with van der Waals surface area (Å²) >= 11 is 3.57. The molecule has 21 heavy (non-hydrogen) atoms. The molecule has 110 valence electrons. The van der Waals surface area contributed by atoms with Crippen LogP contribution in [0.4, 0.5) is 5.82 Å². The number of nitrogens with one attached hydrogen (secondary N) is 1. The summed E-state index contributed by atoms with van der Waals surface area (Å²) in [6, 6.07) is 4.24. The fourth-order valence-corrected chi connectivity index (χ4v) is 3.15. The fraction of sp³-hybridized carbons (Fsp3) is 0.375. The first kappa shape index (κ1) is 14.3. The van der Waals surface area contributed by atoms with Crippen molar-refractivity contribution in [3.05, 3.63) is 44.8 Å². The molecule has 0 saturated carbocycles. The summed E-state index contributed by atoms with van der Waals surface area (Å²) < 4.78 is 6.85. The van der Waals surface area contributed by atoms with Crippen molar-refractivity contribution < 1.29 is 4.74 Å². The van der Waals surface area contributed by atoms with Crippen molar-refractivity contribution in [3.8, 4) is 5.75 Å². The van der Waals surface area contributed by atoms with Gasteiger partial charge in [0.25, 0.3) is 0 Å². The van der Waals surface area contributed by atoms with E-state index in [1.54, 1.807) is 0 Å². The molecule has 3 rings (SSSR count). The van der Waals surface area contributed by atoms with Gasteiger partial charge in [-0.05, 0) is 38.5 Å². The maximum Gasteiger partial charge on any atom is 0.133 e. The smallest absolute Gasteiger partial charge is 0.133 e. The van der Waals surface area contributed by atoms with Gasteiger partial charge in [-0.15, -0.1) is 0 Å². The van der Waals surface area contributed by atoms with E-state index in [9.17, 15) is 0 Å². The summed E-state index contributed by atoms with van der Waals surface area (Å²) in [7, 11) is 0. The standard InChI is InChI=1S/C16H18BrN3O/c1-9-10(2)19-11(3)20-16(9)18-8-13-7-14(17)6-12-4-5-21-15(12)13/h6-7H,4-5,8H2,1-3H3,(H,18,19,20). The van der Waals surface area contributed by atoms with Crippen LogP contribution < -0.4 is 10.1 Å². The van der Waals surface area contributed by atoms with Gasteiger partial charge in [0.1, 0.15) is 17.4 Å². The van der Waals surface area contributed by atoms with E-state index in [2.05, 4.69) is 43.3 Å². The third kappa shape index (κ3) is 2.88. The second kappa shape index (κ2) is 5.64. The second-order valence-corrected chi connectivity index (χ2v) is 6.25. The van der Waals surface area contributed by atoms with Crippen LogP contribution in [-0.4, -0.2) is 16.6 Å². The molecular weight excluding hydrogens is 330 g/mol. The van der Waals surface area contributed by atoms with Gasteiger partial charge in [-0.2, -0.15) is 0 Å². The normalized spacial score (nSPS) is 13.0. The molecule has 0 fully saturated rings. The Balaban J connectivity index is 1.86. The minimum Gasteiger partial charge on any atom is -0.493 e. The van der Waals surface area contributed by atoms with Crippen molar-refractivity contribution in [2.24, 2.45) is 0 Å². The lowest BCUT2D eigenvalue weighted by molar-refractivity contribution is 0.354. The van der Waals surface area contributed by atoms with Crippen LogP contribution in [0.2, 0.25) is 0 Å². The number of benzene rings is 1. The summed E-state index contributed by atoms with van der Waals surface area (Å²) in [5.41, 5.74) is 4.53. The Morgan fingerprint density at radius 3 is 2.86 bits per heavy atom. The fourth-order valence-electron chi connectivity index (χ4n) is 2.60. The van der Waals surface area contributed by atoms with Gasteiger partial charge in [-0.25, -0.2) is 9.97 Å². The quantitative estimate of drug-likeness (QED) is 0.919. The average molecular weight is 348 g/mol. The summed E-state index contributed by atoms with van der Waals surface area (Å²) in [5, 5.41) is 3.42. The molecule has 0 bridgehead atoms. The minimum absolute atomic E-state index is 0.693. The van der Waals surface area contributed by atoms with Crippen LogP contribution in [-0.2, 0) is 13.0 Å². The van der Waals surface area contributed by atoms with E-state index in [1.165, 1.54) is 5.56 Å². The van der Waals surface area contributed by atoms with E-state index in [0.717, 1.165) is 51.7 Å². The van der Waals surface area contributed by atoms with E-state index >= 15 is 0 Å². The zero-order chi connectivity index (χ0) is 15.0. The van der Waals surface area contributed by atoms with Crippen molar-refractivity contribution in [3.63, 3.8) is 0 Å². The summed E-state index contributed by atoms with van der Waals surface area (Å²) in [4.78, 5) is 8.87. The molecule has 1 aliphatic rings. The third-order valence-corrected chi connectivity index (χ3v) is 4.23. The maximum absolute atomic E-state index is 5.76. The number of rotatable bonds is 3. The van der Waals surface area contributed by atoms with Gasteiger partial charge in [-0.1, -0.05) is 15.9 Å². The predicted molar refractivity (Wildman–Crippen MR) is 86.9 cm³/mol. The highest BCUT2D eigenvalue weighted by Gasteiger charge is 2.17. The van der Waals surface area contributed by atoms with Crippen LogP contribution in [0.1, 0.15) is 28.2 Å². The highest BCUT2D eigenvalue weighted by Crippen LogP contribution is 2.33. The second-order valence-electron chi connectivity index (χ2n) is 5.34. The lowest BCUT2D eigenvalue weighted by Gasteiger charge is -2.13. The van der Waals surface area contributed by atoms with Gasteiger partial charge in [0.05, 0.1) is 6.61 Å². The van der Waals surface area contributed by atoms with Crippen LogP contribution in [0.3, 0.4) is 0 Å². The monoisotopic (exact) mass is 347 g/mol. The first-order chi connectivity index (χ1) is 10.0. The molecule has 0 spiro atoms. The number of hydrogen-bond acceptors (Lipinski definition) is 4. The third-order valence-electron chi connectivity index (χ3n) is 3.77. The van der Waals surface area contributed by atoms with E-state index in [-0.39, 0.29) is 0 Å². The first-order valence-electron chi connectivity index (χ1n) is 7.04. The molecule has 0 aliphatic carbocycles. The van der Waals surface area contributed by atoms with E-state index in [4.69, 9.17) is 4.74 Å². The van der Waals surface area contributed by atoms with Crippen LogP contribution in [0.25, 0.3) is 0 Å². The minimum atomic E-state index is 0.693. The van der Waals surface area contributed by atoms with Crippen molar-refractivity contribution in [1.82, 2.24) is 9.97 Å². The molecule has 0 amide bonds. The van der Waals surface area contributed by atoms with Crippen LogP contribution >= 0.6 is 15.9 Å². The van der Waals surface area contributed by atoms with Gasteiger partial charge >= 0.3 is 0 Å². The molecule has 1 N–H and O–H groups in total. The van der Waals surface area contributed by atoms with Gasteiger partial charge in [0.15, 0.2) is 0 Å². The lowest BCUT2D eigenvalue weighted by atomic mass is 10.1. The zero-order valence-corrected chi connectivity index (χ0v) is 14.0. The predicted octanol–water partition coefficient (Wildman–Crippen LogP) is 3.71. The van der Waals surface area contributed by atoms with Crippen molar-refractivity contribution in [1.29, 1.82) is 0 Å². The molecular formula is C16H18BrN3O. The van der Waals surface area contributed by atoms with Gasteiger partial charge < -0.3 is 10.1 Å². The highest BCUT2D eigenvalue weighted by atomic mass is 79.9. The molecule has 0 atom stereocenters. The Morgan fingerprint density at radius 2 is 2.05 bits per heavy atom. The molecule has 4 nitrogen and oxygen atoms in total. The van der Waals surface area contributed by atoms with Crippen LogP contribution in [0.5, 0.6) is 5.75 Å². The van der Waals surface area contributed by atoms with Crippen LogP contribution in [0, 0.1) is 20.8 Å². The Labute approximate surface area is 133 Å². The van der Waals surface area contributed by atoms with E-state index in [1.807, 2.05) is 20.8 Å². The molecule has 2 aromatic rings. The Bertz CT molecular complexity index is 700. The number of halogens is 1. The topological polar surface area (TPSA) is 47.0 Å². The van der Waals surface area contributed by atoms with E-state index in [0.29, 0.717) is 6.54 Å². The number of fused-ring (bicyclic) bond motifs is 1. The Hall–Kier alpha value is -1.62. The maximum atomic E-state index is 5.76. The lowest BCUT2D eigenvalue weighted by Crippen LogP contribution is -2.08. The molecule has 0 saturated heterocycles.